The van der Waals surface area contributed by atoms with Crippen molar-refractivity contribution < 1.29 is 0 Å². The predicted molar refractivity (Wildman–Crippen MR) is 122 cm³/mol. The van der Waals surface area contributed by atoms with Gasteiger partial charge in [0.05, 0.1) is 0 Å². The molecule has 1 aliphatic rings. The summed E-state index contributed by atoms with van der Waals surface area (Å²) in [4.78, 5) is 2.74. The summed E-state index contributed by atoms with van der Waals surface area (Å²) in [6, 6.07) is 18.6. The van der Waals surface area contributed by atoms with Gasteiger partial charge in [-0.1, -0.05) is 69.5 Å². The number of likely N-dealkylation sites (tertiary alicyclic amines) is 1. The number of piperidine rings is 1. The predicted octanol–water partition coefficient (Wildman–Crippen LogP) is 6.66. The van der Waals surface area contributed by atoms with Crippen molar-refractivity contribution in [2.75, 3.05) is 13.1 Å². The molecule has 1 aliphatic heterocycles. The van der Waals surface area contributed by atoms with E-state index < -0.39 is 0 Å². The molecule has 3 rings (SSSR count). The first kappa shape index (κ1) is 20.7. The highest BCUT2D eigenvalue weighted by molar-refractivity contribution is 5.66. The lowest BCUT2D eigenvalue weighted by molar-refractivity contribution is 0.112. The average Bonchev–Trinajstić information content (AvgIpc) is 2.73. The van der Waals surface area contributed by atoms with Crippen LogP contribution in [0.5, 0.6) is 0 Å². The van der Waals surface area contributed by atoms with Crippen molar-refractivity contribution in [1.29, 1.82) is 0 Å². The number of hydrogen-bond acceptors (Lipinski definition) is 1. The fourth-order valence-electron chi connectivity index (χ4n) is 4.64. The van der Waals surface area contributed by atoms with Crippen LogP contribution in [0.15, 0.2) is 48.5 Å². The van der Waals surface area contributed by atoms with E-state index in [1.165, 1.54) is 61.9 Å². The molecule has 148 valence electrons. The normalized spacial score (nSPS) is 17.6. The SMILES string of the molecule is CC#Cc1cccc(-c2ccc(C3(C)CCN(C(CC)CCC)CC3)cc2)c1. The topological polar surface area (TPSA) is 3.24 Å². The van der Waals surface area contributed by atoms with Gasteiger partial charge in [-0.2, -0.15) is 0 Å². The zero-order valence-corrected chi connectivity index (χ0v) is 18.1. The van der Waals surface area contributed by atoms with E-state index in [2.05, 4.69) is 86.0 Å². The number of rotatable bonds is 6. The van der Waals surface area contributed by atoms with Crippen molar-refractivity contribution in [2.45, 2.75) is 71.3 Å². The van der Waals surface area contributed by atoms with E-state index in [1.54, 1.807) is 0 Å². The molecule has 0 aromatic heterocycles. The van der Waals surface area contributed by atoms with Crippen LogP contribution in [-0.4, -0.2) is 24.0 Å². The maximum Gasteiger partial charge on any atom is 0.0251 e. The average molecular weight is 374 g/mol. The number of nitrogens with zero attached hydrogens (tertiary/aromatic N) is 1. The number of benzene rings is 2. The highest BCUT2D eigenvalue weighted by Gasteiger charge is 2.33. The van der Waals surface area contributed by atoms with Crippen LogP contribution < -0.4 is 0 Å². The standard InChI is InChI=1S/C27H35N/c1-5-9-22-11-8-12-24(21-22)23-13-15-25(16-14-23)27(4)17-19-28(20-18-27)26(7-3)10-6-2/h8,11-16,21,26H,6-7,10,17-20H2,1-4H3. The first-order valence-electron chi connectivity index (χ1n) is 11.0. The zero-order chi connectivity index (χ0) is 20.0. The van der Waals surface area contributed by atoms with E-state index in [4.69, 9.17) is 0 Å². The molecule has 1 heterocycles. The van der Waals surface area contributed by atoms with E-state index in [1.807, 2.05) is 6.92 Å². The highest BCUT2D eigenvalue weighted by atomic mass is 15.2. The summed E-state index contributed by atoms with van der Waals surface area (Å²) in [7, 11) is 0. The lowest BCUT2D eigenvalue weighted by Crippen LogP contribution is -2.45. The van der Waals surface area contributed by atoms with Crippen molar-refractivity contribution in [3.8, 4) is 23.0 Å². The molecule has 0 radical (unpaired) electrons. The molecule has 1 atom stereocenters. The summed E-state index contributed by atoms with van der Waals surface area (Å²) < 4.78 is 0. The molecule has 0 bridgehead atoms. The third kappa shape index (κ3) is 4.68. The van der Waals surface area contributed by atoms with E-state index in [0.717, 1.165) is 11.6 Å². The molecule has 1 heteroatoms. The quantitative estimate of drug-likeness (QED) is 0.512. The fraction of sp³-hybridized carbons (Fsp3) is 0.481. The summed E-state index contributed by atoms with van der Waals surface area (Å²) in [6.07, 6.45) is 6.42. The Balaban J connectivity index is 1.71. The van der Waals surface area contributed by atoms with Gasteiger partial charge in [-0.15, -0.1) is 5.92 Å². The maximum atomic E-state index is 3.16. The maximum absolute atomic E-state index is 3.16. The van der Waals surface area contributed by atoms with Gasteiger partial charge in [0.2, 0.25) is 0 Å². The Morgan fingerprint density at radius 1 is 1.00 bits per heavy atom. The molecule has 2 aromatic rings. The van der Waals surface area contributed by atoms with Gasteiger partial charge in [0.25, 0.3) is 0 Å². The molecule has 0 amide bonds. The molecule has 1 saturated heterocycles. The van der Waals surface area contributed by atoms with Gasteiger partial charge in [0.1, 0.15) is 0 Å². The smallest absolute Gasteiger partial charge is 0.0251 e. The van der Waals surface area contributed by atoms with Crippen molar-refractivity contribution in [1.82, 2.24) is 4.90 Å². The second-order valence-electron chi connectivity index (χ2n) is 8.48. The molecule has 28 heavy (non-hydrogen) atoms. The molecule has 0 N–H and O–H groups in total. The van der Waals surface area contributed by atoms with Gasteiger partial charge in [0.15, 0.2) is 0 Å². The zero-order valence-electron chi connectivity index (χ0n) is 18.1. The minimum absolute atomic E-state index is 0.301. The van der Waals surface area contributed by atoms with Gasteiger partial charge in [-0.25, -0.2) is 0 Å². The van der Waals surface area contributed by atoms with Crippen molar-refractivity contribution >= 4 is 0 Å². The first-order valence-corrected chi connectivity index (χ1v) is 11.0. The third-order valence-electron chi connectivity index (χ3n) is 6.56. The Bertz CT molecular complexity index is 813. The summed E-state index contributed by atoms with van der Waals surface area (Å²) >= 11 is 0. The Morgan fingerprint density at radius 3 is 2.32 bits per heavy atom. The Labute approximate surface area is 172 Å². The van der Waals surface area contributed by atoms with Gasteiger partial charge >= 0.3 is 0 Å². The van der Waals surface area contributed by atoms with Crippen molar-refractivity contribution in [2.24, 2.45) is 0 Å². The third-order valence-corrected chi connectivity index (χ3v) is 6.56. The van der Waals surface area contributed by atoms with Crippen LogP contribution in [0.2, 0.25) is 0 Å². The largest absolute Gasteiger partial charge is 0.300 e. The van der Waals surface area contributed by atoms with Crippen LogP contribution >= 0.6 is 0 Å². The Kier molecular flexibility index (Phi) is 6.97. The minimum Gasteiger partial charge on any atom is -0.300 e. The van der Waals surface area contributed by atoms with Gasteiger partial charge in [-0.3, -0.25) is 0 Å². The molecule has 0 saturated carbocycles. The van der Waals surface area contributed by atoms with E-state index in [9.17, 15) is 0 Å². The molecular weight excluding hydrogens is 338 g/mol. The molecule has 0 spiro atoms. The van der Waals surface area contributed by atoms with Gasteiger partial charge < -0.3 is 4.90 Å². The minimum atomic E-state index is 0.301. The van der Waals surface area contributed by atoms with E-state index >= 15 is 0 Å². The molecule has 2 aromatic carbocycles. The van der Waals surface area contributed by atoms with Crippen LogP contribution in [0.3, 0.4) is 0 Å². The molecule has 1 fully saturated rings. The highest BCUT2D eigenvalue weighted by Crippen LogP contribution is 2.37. The van der Waals surface area contributed by atoms with Crippen LogP contribution in [0.25, 0.3) is 11.1 Å². The summed E-state index contributed by atoms with van der Waals surface area (Å²) in [6.45, 7) is 11.5. The molecule has 1 unspecified atom stereocenters. The fourth-order valence-corrected chi connectivity index (χ4v) is 4.64. The lowest BCUT2D eigenvalue weighted by atomic mass is 9.74. The van der Waals surface area contributed by atoms with Gasteiger partial charge in [0, 0.05) is 11.6 Å². The number of hydrogen-bond donors (Lipinski definition) is 0. The van der Waals surface area contributed by atoms with Crippen molar-refractivity contribution in [3.05, 3.63) is 59.7 Å². The van der Waals surface area contributed by atoms with Crippen LogP contribution in [-0.2, 0) is 5.41 Å². The van der Waals surface area contributed by atoms with Crippen LogP contribution in [0.1, 0.15) is 70.9 Å². The first-order chi connectivity index (χ1) is 13.6. The molecule has 1 nitrogen and oxygen atoms in total. The summed E-state index contributed by atoms with van der Waals surface area (Å²) in [5.41, 5.74) is 5.40. The van der Waals surface area contributed by atoms with E-state index in [-0.39, 0.29) is 0 Å². The monoisotopic (exact) mass is 373 g/mol. The second-order valence-corrected chi connectivity index (χ2v) is 8.48. The van der Waals surface area contributed by atoms with Crippen LogP contribution in [0, 0.1) is 11.8 Å². The lowest BCUT2D eigenvalue weighted by Gasteiger charge is -2.43. The molecular formula is C27H35N. The van der Waals surface area contributed by atoms with Crippen molar-refractivity contribution in [3.63, 3.8) is 0 Å². The Morgan fingerprint density at radius 2 is 1.71 bits per heavy atom. The van der Waals surface area contributed by atoms with E-state index in [0.29, 0.717) is 5.41 Å². The Hall–Kier alpha value is -2.04. The van der Waals surface area contributed by atoms with Gasteiger partial charge in [-0.05, 0) is 79.9 Å². The summed E-state index contributed by atoms with van der Waals surface area (Å²) in [5, 5.41) is 0. The molecule has 0 aliphatic carbocycles. The second kappa shape index (κ2) is 9.44. The van der Waals surface area contributed by atoms with Crippen LogP contribution in [0.4, 0.5) is 0 Å². The summed E-state index contributed by atoms with van der Waals surface area (Å²) in [5.74, 6) is 6.15.